The van der Waals surface area contributed by atoms with Crippen LogP contribution in [0.5, 0.6) is 11.5 Å². The van der Waals surface area contributed by atoms with E-state index in [4.69, 9.17) is 19.6 Å². The Bertz CT molecular complexity index is 1430. The summed E-state index contributed by atoms with van der Waals surface area (Å²) in [6.45, 7) is 1.31. The number of hydrogen-bond acceptors (Lipinski definition) is 10. The molecule has 1 fully saturated rings. The summed E-state index contributed by atoms with van der Waals surface area (Å²) < 4.78 is 18.7. The predicted molar refractivity (Wildman–Crippen MR) is 134 cm³/mol. The van der Waals surface area contributed by atoms with Crippen LogP contribution in [0.2, 0.25) is 0 Å². The lowest BCUT2D eigenvalue weighted by atomic mass is 10.1. The molecular formula is C25H28N8O3. The van der Waals surface area contributed by atoms with E-state index in [1.54, 1.807) is 20.3 Å². The minimum atomic E-state index is -0.0474. The van der Waals surface area contributed by atoms with Crippen LogP contribution in [0.3, 0.4) is 0 Å². The number of rotatable bonds is 6. The second-order valence-corrected chi connectivity index (χ2v) is 8.88. The number of aromatic nitrogens is 5. The van der Waals surface area contributed by atoms with E-state index < -0.39 is 0 Å². The molecule has 0 amide bonds. The number of anilines is 1. The summed E-state index contributed by atoms with van der Waals surface area (Å²) in [5, 5.41) is 12.6. The zero-order valence-electron chi connectivity index (χ0n) is 20.6. The van der Waals surface area contributed by atoms with Crippen molar-refractivity contribution in [3.8, 4) is 23.3 Å². The first-order valence-corrected chi connectivity index (χ1v) is 11.5. The fourth-order valence-corrected chi connectivity index (χ4v) is 4.36. The van der Waals surface area contributed by atoms with Gasteiger partial charge in [0.2, 0.25) is 11.8 Å². The van der Waals surface area contributed by atoms with Gasteiger partial charge in [-0.3, -0.25) is 0 Å². The van der Waals surface area contributed by atoms with Gasteiger partial charge in [-0.25, -0.2) is 9.97 Å². The number of nitrogens with two attached hydrogens (primary N) is 1. The third-order valence-electron chi connectivity index (χ3n) is 6.06. The van der Waals surface area contributed by atoms with Crippen molar-refractivity contribution in [3.63, 3.8) is 0 Å². The molecule has 2 atom stereocenters. The molecule has 1 aliphatic heterocycles. The van der Waals surface area contributed by atoms with Crippen LogP contribution in [0.4, 0.5) is 5.82 Å². The Hall–Kier alpha value is -4.14. The van der Waals surface area contributed by atoms with Gasteiger partial charge in [-0.2, -0.15) is 0 Å². The maximum absolute atomic E-state index is 6.27. The maximum atomic E-state index is 6.27. The molecule has 5 rings (SSSR count). The van der Waals surface area contributed by atoms with E-state index in [9.17, 15) is 0 Å². The first kappa shape index (κ1) is 23.6. The summed E-state index contributed by atoms with van der Waals surface area (Å²) in [4.78, 5) is 10.7. The normalized spacial score (nSPS) is 17.4. The van der Waals surface area contributed by atoms with Crippen LogP contribution in [-0.4, -0.2) is 64.5 Å². The average Bonchev–Trinajstić information content (AvgIpc) is 3.61. The number of nitrogens with zero attached hydrogens (tertiary/aromatic N) is 6. The van der Waals surface area contributed by atoms with Gasteiger partial charge < -0.3 is 34.4 Å². The molecule has 36 heavy (non-hydrogen) atoms. The topological polar surface area (TPSA) is 129 Å². The van der Waals surface area contributed by atoms with Gasteiger partial charge in [0.1, 0.15) is 29.3 Å². The van der Waals surface area contributed by atoms with Crippen LogP contribution >= 0.6 is 0 Å². The van der Waals surface area contributed by atoms with E-state index in [-0.39, 0.29) is 12.1 Å². The zero-order chi connectivity index (χ0) is 25.2. The van der Waals surface area contributed by atoms with E-state index >= 15 is 0 Å². The van der Waals surface area contributed by atoms with Crippen molar-refractivity contribution in [3.05, 3.63) is 53.6 Å². The lowest BCUT2D eigenvalue weighted by Crippen LogP contribution is -2.15. The smallest absolute Gasteiger partial charge is 0.233 e. The van der Waals surface area contributed by atoms with Gasteiger partial charge >= 0.3 is 0 Å². The summed E-state index contributed by atoms with van der Waals surface area (Å²) in [6, 6.07) is 5.57. The Morgan fingerprint density at radius 1 is 1.14 bits per heavy atom. The van der Waals surface area contributed by atoms with Crippen molar-refractivity contribution in [2.45, 2.75) is 25.0 Å². The molecule has 0 aliphatic carbocycles. The second-order valence-electron chi connectivity index (χ2n) is 8.88. The number of hydrogen-bond donors (Lipinski definition) is 2. The van der Waals surface area contributed by atoms with Gasteiger partial charge in [0, 0.05) is 30.4 Å². The van der Waals surface area contributed by atoms with E-state index in [0.29, 0.717) is 42.2 Å². The number of benzene rings is 1. The van der Waals surface area contributed by atoms with Crippen LogP contribution in [-0.2, 0) is 6.54 Å². The molecule has 11 heteroatoms. The molecule has 1 aromatic carbocycles. The van der Waals surface area contributed by atoms with Gasteiger partial charge in [-0.15, -0.1) is 10.2 Å². The van der Waals surface area contributed by atoms with Crippen LogP contribution in [0.25, 0.3) is 11.0 Å². The maximum Gasteiger partial charge on any atom is 0.233 e. The van der Waals surface area contributed by atoms with Gasteiger partial charge in [0.25, 0.3) is 0 Å². The summed E-state index contributed by atoms with van der Waals surface area (Å²) >= 11 is 0. The highest BCUT2D eigenvalue weighted by atomic mass is 16.5. The Morgan fingerprint density at radius 3 is 2.64 bits per heavy atom. The molecule has 3 N–H and O–H groups in total. The van der Waals surface area contributed by atoms with Crippen molar-refractivity contribution < 1.29 is 13.9 Å². The standard InChI is InChI=1S/C25H28N8O3/c1-32(2)13-21-30-31-25(36-21)20-9-17(11-27-20)33-12-16(22-23(26)28-14-29-24(22)33)6-5-15-7-18(34-3)10-19(8-15)35-4/h7-8,10,12,14,17,20,27H,9,11,13H2,1-4H3,(H2,26,28,29)/t17-,20-/m0/s1. The molecule has 1 aliphatic rings. The van der Waals surface area contributed by atoms with Crippen molar-refractivity contribution in [2.75, 3.05) is 40.6 Å². The van der Waals surface area contributed by atoms with Crippen molar-refractivity contribution >= 4 is 16.9 Å². The van der Waals surface area contributed by atoms with Gasteiger partial charge in [-0.1, -0.05) is 11.8 Å². The largest absolute Gasteiger partial charge is 0.497 e. The molecule has 0 radical (unpaired) electrons. The summed E-state index contributed by atoms with van der Waals surface area (Å²) in [5.41, 5.74) is 8.51. The molecule has 0 bridgehead atoms. The van der Waals surface area contributed by atoms with E-state index in [1.807, 2.05) is 37.3 Å². The molecule has 4 aromatic rings. The molecule has 0 saturated carbocycles. The molecule has 11 nitrogen and oxygen atoms in total. The Morgan fingerprint density at radius 2 is 1.92 bits per heavy atom. The zero-order valence-corrected chi connectivity index (χ0v) is 20.6. The highest BCUT2D eigenvalue weighted by molar-refractivity contribution is 5.92. The minimum absolute atomic E-state index is 0.0474. The fraction of sp³-hybridized carbons (Fsp3) is 0.360. The third kappa shape index (κ3) is 4.68. The molecule has 0 unspecified atom stereocenters. The van der Waals surface area contributed by atoms with E-state index in [1.165, 1.54) is 6.33 Å². The SMILES string of the molecule is COc1cc(C#Cc2cn([C@@H]3CN[C@H](c4nnc(CN(C)C)o4)C3)c3ncnc(N)c23)cc(OC)c1. The number of nitrogens with one attached hydrogen (secondary N) is 1. The Kier molecular flexibility index (Phi) is 6.45. The number of methoxy groups -OCH3 is 2. The summed E-state index contributed by atoms with van der Waals surface area (Å²) in [6.07, 6.45) is 4.22. The first-order valence-electron chi connectivity index (χ1n) is 11.5. The predicted octanol–water partition coefficient (Wildman–Crippen LogP) is 2.15. The number of nitrogen functional groups attached to an aromatic ring is 1. The van der Waals surface area contributed by atoms with Gasteiger partial charge in [-0.05, 0) is 32.6 Å². The molecule has 3 aromatic heterocycles. The highest BCUT2D eigenvalue weighted by Gasteiger charge is 2.32. The quantitative estimate of drug-likeness (QED) is 0.389. The van der Waals surface area contributed by atoms with E-state index in [0.717, 1.165) is 28.6 Å². The molecule has 4 heterocycles. The summed E-state index contributed by atoms with van der Waals surface area (Å²) in [7, 11) is 7.14. The van der Waals surface area contributed by atoms with Crippen LogP contribution in [0, 0.1) is 11.8 Å². The third-order valence-corrected chi connectivity index (χ3v) is 6.06. The first-order chi connectivity index (χ1) is 17.4. The Labute approximate surface area is 208 Å². The number of fused-ring (bicyclic) bond motifs is 1. The Balaban J connectivity index is 1.45. The van der Waals surface area contributed by atoms with Crippen molar-refractivity contribution in [2.24, 2.45) is 0 Å². The second kappa shape index (κ2) is 9.85. The van der Waals surface area contributed by atoms with Crippen molar-refractivity contribution in [1.29, 1.82) is 0 Å². The molecule has 0 spiro atoms. The average molecular weight is 489 g/mol. The molecule has 1 saturated heterocycles. The van der Waals surface area contributed by atoms with Crippen LogP contribution in [0.15, 0.2) is 35.1 Å². The highest BCUT2D eigenvalue weighted by Crippen LogP contribution is 2.34. The lowest BCUT2D eigenvalue weighted by Gasteiger charge is -2.12. The lowest BCUT2D eigenvalue weighted by molar-refractivity contribution is 0.321. The van der Waals surface area contributed by atoms with Crippen molar-refractivity contribution in [1.82, 2.24) is 34.9 Å². The van der Waals surface area contributed by atoms with Gasteiger partial charge in [0.15, 0.2) is 0 Å². The van der Waals surface area contributed by atoms with Crippen LogP contribution in [0.1, 0.15) is 41.4 Å². The number of ether oxygens (including phenoxy) is 2. The molecular weight excluding hydrogens is 460 g/mol. The van der Waals surface area contributed by atoms with Crippen LogP contribution < -0.4 is 20.5 Å². The minimum Gasteiger partial charge on any atom is -0.497 e. The van der Waals surface area contributed by atoms with Gasteiger partial charge in [0.05, 0.1) is 37.8 Å². The molecule has 186 valence electrons. The fourth-order valence-electron chi connectivity index (χ4n) is 4.36. The monoisotopic (exact) mass is 488 g/mol. The summed E-state index contributed by atoms with van der Waals surface area (Å²) in [5.74, 6) is 9.36. The van der Waals surface area contributed by atoms with E-state index in [2.05, 4.69) is 41.9 Å².